The summed E-state index contributed by atoms with van der Waals surface area (Å²) in [5, 5.41) is 11.9. The van der Waals surface area contributed by atoms with Crippen LogP contribution in [0.5, 0.6) is 5.88 Å². The zero-order valence-electron chi connectivity index (χ0n) is 14.5. The second-order valence-electron chi connectivity index (χ2n) is 7.01. The van der Waals surface area contributed by atoms with Gasteiger partial charge in [-0.25, -0.2) is 4.98 Å². The Balaban J connectivity index is 2.01. The van der Waals surface area contributed by atoms with Crippen molar-refractivity contribution < 1.29 is 19.4 Å². The van der Waals surface area contributed by atoms with E-state index < -0.39 is 11.5 Å². The van der Waals surface area contributed by atoms with Crippen LogP contribution in [-0.4, -0.2) is 33.6 Å². The maximum absolute atomic E-state index is 12.4. The molecule has 0 aliphatic heterocycles. The van der Waals surface area contributed by atoms with Crippen molar-refractivity contribution in [3.8, 4) is 5.88 Å². The Labute approximate surface area is 142 Å². The summed E-state index contributed by atoms with van der Waals surface area (Å²) < 4.78 is 5.78. The SMILES string of the molecule is CC(C)C(C)(CC(=O)O)NC(=O)c1ccc(OC2CCCC2)nc1. The Morgan fingerprint density at radius 1 is 1.38 bits per heavy atom. The lowest BCUT2D eigenvalue weighted by atomic mass is 9.85. The molecule has 24 heavy (non-hydrogen) atoms. The fourth-order valence-electron chi connectivity index (χ4n) is 2.80. The van der Waals surface area contributed by atoms with Crippen molar-refractivity contribution in [2.75, 3.05) is 0 Å². The number of carbonyl (C=O) groups is 2. The molecule has 1 aliphatic carbocycles. The van der Waals surface area contributed by atoms with E-state index in [1.165, 1.54) is 19.0 Å². The highest BCUT2D eigenvalue weighted by molar-refractivity contribution is 5.94. The van der Waals surface area contributed by atoms with Gasteiger partial charge in [-0.1, -0.05) is 13.8 Å². The van der Waals surface area contributed by atoms with Crippen molar-refractivity contribution in [2.24, 2.45) is 5.92 Å². The van der Waals surface area contributed by atoms with Crippen molar-refractivity contribution in [2.45, 2.75) is 64.5 Å². The summed E-state index contributed by atoms with van der Waals surface area (Å²) in [6.45, 7) is 5.52. The van der Waals surface area contributed by atoms with Crippen molar-refractivity contribution in [3.63, 3.8) is 0 Å². The number of aromatic nitrogens is 1. The van der Waals surface area contributed by atoms with Crippen LogP contribution < -0.4 is 10.1 Å². The second kappa shape index (κ2) is 7.64. The Bertz CT molecular complexity index is 579. The minimum atomic E-state index is -0.940. The van der Waals surface area contributed by atoms with Gasteiger partial charge in [0.1, 0.15) is 6.10 Å². The van der Waals surface area contributed by atoms with Crippen LogP contribution in [0, 0.1) is 5.92 Å². The van der Waals surface area contributed by atoms with Crippen LogP contribution in [0.1, 0.15) is 63.2 Å². The highest BCUT2D eigenvalue weighted by Crippen LogP contribution is 2.24. The predicted molar refractivity (Wildman–Crippen MR) is 90.1 cm³/mol. The highest BCUT2D eigenvalue weighted by atomic mass is 16.5. The van der Waals surface area contributed by atoms with Crippen molar-refractivity contribution >= 4 is 11.9 Å². The van der Waals surface area contributed by atoms with Crippen molar-refractivity contribution in [1.29, 1.82) is 0 Å². The number of ether oxygens (including phenoxy) is 1. The number of carboxylic acid groups (broad SMARTS) is 1. The molecule has 1 fully saturated rings. The van der Waals surface area contributed by atoms with E-state index in [0.717, 1.165) is 12.8 Å². The number of carbonyl (C=O) groups excluding carboxylic acids is 1. The molecule has 0 aromatic carbocycles. The van der Waals surface area contributed by atoms with E-state index in [4.69, 9.17) is 9.84 Å². The summed E-state index contributed by atoms with van der Waals surface area (Å²) in [4.78, 5) is 27.7. The van der Waals surface area contributed by atoms with Gasteiger partial charge in [-0.05, 0) is 44.6 Å². The smallest absolute Gasteiger partial charge is 0.305 e. The molecule has 0 saturated heterocycles. The zero-order chi connectivity index (χ0) is 17.7. The van der Waals surface area contributed by atoms with Gasteiger partial charge < -0.3 is 15.2 Å². The molecule has 1 saturated carbocycles. The van der Waals surface area contributed by atoms with E-state index in [0.29, 0.717) is 11.4 Å². The van der Waals surface area contributed by atoms with E-state index in [1.54, 1.807) is 19.1 Å². The van der Waals surface area contributed by atoms with E-state index in [-0.39, 0.29) is 24.3 Å². The number of hydrogen-bond acceptors (Lipinski definition) is 4. The average Bonchev–Trinajstić information content (AvgIpc) is 2.99. The fourth-order valence-corrected chi connectivity index (χ4v) is 2.80. The first-order chi connectivity index (χ1) is 11.3. The molecule has 1 aromatic heterocycles. The van der Waals surface area contributed by atoms with E-state index in [9.17, 15) is 9.59 Å². The third-order valence-electron chi connectivity index (χ3n) is 4.78. The molecule has 1 aromatic rings. The zero-order valence-corrected chi connectivity index (χ0v) is 14.5. The van der Waals surface area contributed by atoms with E-state index in [2.05, 4.69) is 10.3 Å². The third-order valence-corrected chi connectivity index (χ3v) is 4.78. The largest absolute Gasteiger partial charge is 0.481 e. The lowest BCUT2D eigenvalue weighted by Crippen LogP contribution is -2.51. The van der Waals surface area contributed by atoms with Crippen LogP contribution in [0.2, 0.25) is 0 Å². The van der Waals surface area contributed by atoms with Gasteiger partial charge >= 0.3 is 5.97 Å². The molecule has 2 N–H and O–H groups in total. The lowest BCUT2D eigenvalue weighted by molar-refractivity contribution is -0.138. The molecule has 1 amide bonds. The van der Waals surface area contributed by atoms with Gasteiger partial charge in [-0.3, -0.25) is 9.59 Å². The van der Waals surface area contributed by atoms with Gasteiger partial charge in [-0.15, -0.1) is 0 Å². The predicted octanol–water partition coefficient (Wildman–Crippen LogP) is 3.02. The van der Waals surface area contributed by atoms with Gasteiger partial charge in [0.15, 0.2) is 0 Å². The molecule has 6 nitrogen and oxygen atoms in total. The molecule has 132 valence electrons. The molecule has 2 rings (SSSR count). The fraction of sp³-hybridized carbons (Fsp3) is 0.611. The number of amides is 1. The molecule has 1 aliphatic rings. The molecular weight excluding hydrogens is 308 g/mol. The highest BCUT2D eigenvalue weighted by Gasteiger charge is 2.33. The van der Waals surface area contributed by atoms with Crippen LogP contribution in [0.25, 0.3) is 0 Å². The Morgan fingerprint density at radius 3 is 2.54 bits per heavy atom. The van der Waals surface area contributed by atoms with Gasteiger partial charge in [0.25, 0.3) is 5.91 Å². The van der Waals surface area contributed by atoms with Crippen molar-refractivity contribution in [1.82, 2.24) is 10.3 Å². The van der Waals surface area contributed by atoms with Crippen LogP contribution in [0.15, 0.2) is 18.3 Å². The summed E-state index contributed by atoms with van der Waals surface area (Å²) in [5.74, 6) is -0.761. The number of carboxylic acids is 1. The average molecular weight is 334 g/mol. The number of hydrogen-bond donors (Lipinski definition) is 2. The molecule has 1 atom stereocenters. The Morgan fingerprint density at radius 2 is 2.04 bits per heavy atom. The topological polar surface area (TPSA) is 88.5 Å². The van der Waals surface area contributed by atoms with Gasteiger partial charge in [-0.2, -0.15) is 0 Å². The monoisotopic (exact) mass is 334 g/mol. The Hall–Kier alpha value is -2.11. The van der Waals surface area contributed by atoms with Gasteiger partial charge in [0.2, 0.25) is 5.88 Å². The standard InChI is InChI=1S/C18H26N2O4/c1-12(2)18(3,10-16(21)22)20-17(23)13-8-9-15(19-11-13)24-14-6-4-5-7-14/h8-9,11-12,14H,4-7,10H2,1-3H3,(H,20,23)(H,21,22). The minimum Gasteiger partial charge on any atom is -0.481 e. The third kappa shape index (κ3) is 4.69. The van der Waals surface area contributed by atoms with Crippen LogP contribution in [-0.2, 0) is 4.79 Å². The summed E-state index contributed by atoms with van der Waals surface area (Å²) in [6, 6.07) is 3.35. The normalized spacial score (nSPS) is 17.5. The number of aliphatic carboxylic acids is 1. The van der Waals surface area contributed by atoms with Gasteiger partial charge in [0, 0.05) is 12.3 Å². The minimum absolute atomic E-state index is 0.0181. The molecule has 1 heterocycles. The molecule has 1 unspecified atom stereocenters. The van der Waals surface area contributed by atoms with Crippen LogP contribution >= 0.6 is 0 Å². The molecule has 0 radical (unpaired) electrons. The van der Waals surface area contributed by atoms with E-state index >= 15 is 0 Å². The van der Waals surface area contributed by atoms with Crippen LogP contribution in [0.4, 0.5) is 0 Å². The molecule has 0 bridgehead atoms. The number of nitrogens with one attached hydrogen (secondary N) is 1. The first-order valence-corrected chi connectivity index (χ1v) is 8.47. The first-order valence-electron chi connectivity index (χ1n) is 8.47. The second-order valence-corrected chi connectivity index (χ2v) is 7.01. The molecular formula is C18H26N2O4. The summed E-state index contributed by atoms with van der Waals surface area (Å²) in [6.07, 6.45) is 6.02. The van der Waals surface area contributed by atoms with Crippen molar-refractivity contribution in [3.05, 3.63) is 23.9 Å². The Kier molecular flexibility index (Phi) is 5.80. The number of nitrogens with zero attached hydrogens (tertiary/aromatic N) is 1. The summed E-state index contributed by atoms with van der Waals surface area (Å²) >= 11 is 0. The first kappa shape index (κ1) is 18.2. The van der Waals surface area contributed by atoms with Gasteiger partial charge in [0.05, 0.1) is 17.5 Å². The maximum Gasteiger partial charge on any atom is 0.305 e. The maximum atomic E-state index is 12.4. The summed E-state index contributed by atoms with van der Waals surface area (Å²) in [5.41, 5.74) is -0.423. The number of pyridine rings is 1. The quantitative estimate of drug-likeness (QED) is 0.800. The molecule has 6 heteroatoms. The lowest BCUT2D eigenvalue weighted by Gasteiger charge is -2.33. The van der Waals surface area contributed by atoms with E-state index in [1.807, 2.05) is 13.8 Å². The van der Waals surface area contributed by atoms with Crippen LogP contribution in [0.3, 0.4) is 0 Å². The number of rotatable bonds is 7. The molecule has 0 spiro atoms. The summed E-state index contributed by atoms with van der Waals surface area (Å²) in [7, 11) is 0.